The maximum absolute atomic E-state index is 6.65. The van der Waals surface area contributed by atoms with Gasteiger partial charge in [0, 0.05) is 33.5 Å². The lowest BCUT2D eigenvalue weighted by atomic mass is 9.66. The van der Waals surface area contributed by atoms with Crippen LogP contribution in [-0.4, -0.2) is 0 Å². The first-order valence-electron chi connectivity index (χ1n) is 18.9. The lowest BCUT2D eigenvalue weighted by Gasteiger charge is -2.39. The van der Waals surface area contributed by atoms with E-state index in [1.165, 1.54) is 66.8 Å². The number of benzene rings is 8. The third kappa shape index (κ3) is 4.17. The van der Waals surface area contributed by atoms with Crippen LogP contribution in [0.2, 0.25) is 0 Å². The van der Waals surface area contributed by atoms with Crippen molar-refractivity contribution in [3.63, 3.8) is 0 Å². The summed E-state index contributed by atoms with van der Waals surface area (Å²) < 4.78 is 6.65. The fourth-order valence-electron chi connectivity index (χ4n) is 9.77. The number of rotatable bonds is 4. The highest BCUT2D eigenvalue weighted by atomic mass is 16.5. The molecule has 0 saturated carbocycles. The summed E-state index contributed by atoms with van der Waals surface area (Å²) in [6.45, 7) is 4.72. The van der Waals surface area contributed by atoms with Crippen LogP contribution < -0.4 is 9.64 Å². The highest BCUT2D eigenvalue weighted by molar-refractivity contribution is 5.94. The minimum absolute atomic E-state index is 0.133. The van der Waals surface area contributed by atoms with Crippen molar-refractivity contribution in [2.24, 2.45) is 0 Å². The van der Waals surface area contributed by atoms with Gasteiger partial charge < -0.3 is 9.64 Å². The average molecular weight is 692 g/mol. The molecule has 256 valence electrons. The van der Waals surface area contributed by atoms with Gasteiger partial charge >= 0.3 is 0 Å². The van der Waals surface area contributed by atoms with Crippen LogP contribution in [0.1, 0.15) is 47.2 Å². The van der Waals surface area contributed by atoms with E-state index in [1.807, 2.05) is 0 Å². The Morgan fingerprint density at radius 2 is 0.833 bits per heavy atom. The first kappa shape index (κ1) is 30.9. The molecular weight excluding hydrogens is 655 g/mol. The third-order valence-corrected chi connectivity index (χ3v) is 12.1. The van der Waals surface area contributed by atoms with Gasteiger partial charge in [0.15, 0.2) is 0 Å². The average Bonchev–Trinajstić information content (AvgIpc) is 3.64. The second-order valence-electron chi connectivity index (χ2n) is 15.2. The van der Waals surface area contributed by atoms with E-state index >= 15 is 0 Å². The molecule has 54 heavy (non-hydrogen) atoms. The molecule has 0 aromatic heterocycles. The van der Waals surface area contributed by atoms with Crippen LogP contribution in [0.5, 0.6) is 11.5 Å². The Bertz CT molecular complexity index is 2750. The van der Waals surface area contributed by atoms with Gasteiger partial charge in [0.25, 0.3) is 0 Å². The highest BCUT2D eigenvalue weighted by Gasteiger charge is 2.51. The number of ether oxygens (including phenoxy) is 1. The molecule has 3 aliphatic rings. The third-order valence-electron chi connectivity index (χ3n) is 12.1. The van der Waals surface area contributed by atoms with Crippen LogP contribution in [0.25, 0.3) is 33.4 Å². The number of nitrogens with zero attached hydrogens (tertiary/aromatic N) is 1. The predicted octanol–water partition coefficient (Wildman–Crippen LogP) is 13.6. The van der Waals surface area contributed by atoms with E-state index in [9.17, 15) is 0 Å². The van der Waals surface area contributed by atoms with Crippen LogP contribution in [-0.2, 0) is 10.8 Å². The zero-order valence-corrected chi connectivity index (χ0v) is 30.3. The summed E-state index contributed by atoms with van der Waals surface area (Å²) in [5.74, 6) is 1.80. The smallest absolute Gasteiger partial charge is 0.132 e. The molecule has 2 aliphatic carbocycles. The highest BCUT2D eigenvalue weighted by Crippen LogP contribution is 2.63. The Balaban J connectivity index is 1.20. The molecule has 0 bridgehead atoms. The van der Waals surface area contributed by atoms with Crippen LogP contribution in [0.4, 0.5) is 17.1 Å². The molecule has 2 nitrogen and oxygen atoms in total. The summed E-state index contributed by atoms with van der Waals surface area (Å²) in [6, 6.07) is 68.9. The Kier molecular flexibility index (Phi) is 6.55. The van der Waals surface area contributed by atoms with E-state index in [1.54, 1.807) is 0 Å². The molecule has 0 amide bonds. The molecule has 11 rings (SSSR count). The Morgan fingerprint density at radius 3 is 1.50 bits per heavy atom. The number of fused-ring (bicyclic) bond motifs is 12. The lowest BCUT2D eigenvalue weighted by molar-refractivity contribution is 0.436. The van der Waals surface area contributed by atoms with Crippen molar-refractivity contribution in [3.05, 3.63) is 221 Å². The zero-order chi connectivity index (χ0) is 36.0. The van der Waals surface area contributed by atoms with Crippen molar-refractivity contribution in [1.29, 1.82) is 0 Å². The number of anilines is 3. The molecule has 0 atom stereocenters. The predicted molar refractivity (Wildman–Crippen MR) is 222 cm³/mol. The number of para-hydroxylation sites is 3. The van der Waals surface area contributed by atoms with Gasteiger partial charge in [0.2, 0.25) is 0 Å². The standard InChI is InChI=1S/C52H37NO/c1-51(2)42-21-9-6-19-38(42)40-30-28-35(32-46(40)51)53(48-25-13-8-18-37(48)34-16-4-3-5-17-34)36-29-31-41-39-20-7-10-22-43(39)52(47(41)33-36)44-23-11-14-26-49(44)54-50-27-15-12-24-45(50)52/h3-33H,1-2H3. The van der Waals surface area contributed by atoms with Gasteiger partial charge in [-0.25, -0.2) is 0 Å². The Morgan fingerprint density at radius 1 is 0.370 bits per heavy atom. The molecule has 0 fully saturated rings. The molecule has 1 heterocycles. The van der Waals surface area contributed by atoms with Crippen molar-refractivity contribution in [2.45, 2.75) is 24.7 Å². The summed E-state index contributed by atoms with van der Waals surface area (Å²) in [7, 11) is 0. The summed E-state index contributed by atoms with van der Waals surface area (Å²) in [5.41, 5.74) is 17.8. The van der Waals surface area contributed by atoms with Gasteiger partial charge in [-0.15, -0.1) is 0 Å². The van der Waals surface area contributed by atoms with Crippen LogP contribution in [0.3, 0.4) is 0 Å². The maximum atomic E-state index is 6.65. The first-order chi connectivity index (χ1) is 26.5. The van der Waals surface area contributed by atoms with Gasteiger partial charge in [-0.05, 0) is 92.5 Å². The van der Waals surface area contributed by atoms with E-state index in [0.717, 1.165) is 28.6 Å². The number of hydrogen-bond acceptors (Lipinski definition) is 2. The molecule has 2 heteroatoms. The number of hydrogen-bond donors (Lipinski definition) is 0. The lowest BCUT2D eigenvalue weighted by Crippen LogP contribution is -2.32. The second-order valence-corrected chi connectivity index (χ2v) is 15.2. The molecule has 0 saturated heterocycles. The van der Waals surface area contributed by atoms with Gasteiger partial charge in [-0.2, -0.15) is 0 Å². The van der Waals surface area contributed by atoms with Crippen LogP contribution in [0.15, 0.2) is 188 Å². The summed E-state index contributed by atoms with van der Waals surface area (Å²) in [6.07, 6.45) is 0. The van der Waals surface area contributed by atoms with E-state index in [4.69, 9.17) is 4.74 Å². The minimum atomic E-state index is -0.556. The topological polar surface area (TPSA) is 12.5 Å². The Labute approximate surface area is 316 Å². The summed E-state index contributed by atoms with van der Waals surface area (Å²) >= 11 is 0. The van der Waals surface area contributed by atoms with Gasteiger partial charge in [0.05, 0.1) is 11.1 Å². The van der Waals surface area contributed by atoms with E-state index in [2.05, 4.69) is 207 Å². The monoisotopic (exact) mass is 691 g/mol. The molecule has 1 aliphatic heterocycles. The van der Waals surface area contributed by atoms with Crippen molar-refractivity contribution in [3.8, 4) is 44.9 Å². The molecule has 0 N–H and O–H groups in total. The fourth-order valence-corrected chi connectivity index (χ4v) is 9.77. The van der Waals surface area contributed by atoms with Crippen LogP contribution in [0, 0.1) is 0 Å². The SMILES string of the molecule is CC1(C)c2ccccc2-c2ccc(N(c3ccc4c(c3)C3(c5ccccc5Oc5ccccc53)c3ccccc3-4)c3ccccc3-c3ccccc3)cc21. The zero-order valence-electron chi connectivity index (χ0n) is 30.3. The van der Waals surface area contributed by atoms with Crippen molar-refractivity contribution in [2.75, 3.05) is 4.90 Å². The molecule has 1 spiro atoms. The van der Waals surface area contributed by atoms with Crippen molar-refractivity contribution >= 4 is 17.1 Å². The van der Waals surface area contributed by atoms with Gasteiger partial charge in [-0.3, -0.25) is 0 Å². The first-order valence-corrected chi connectivity index (χ1v) is 18.9. The van der Waals surface area contributed by atoms with E-state index in [-0.39, 0.29) is 5.41 Å². The molecular formula is C52H37NO. The Hall–Kier alpha value is -6.64. The summed E-state index contributed by atoms with van der Waals surface area (Å²) in [4.78, 5) is 2.48. The minimum Gasteiger partial charge on any atom is -0.457 e. The van der Waals surface area contributed by atoms with E-state index < -0.39 is 5.41 Å². The van der Waals surface area contributed by atoms with Gasteiger partial charge in [-0.1, -0.05) is 159 Å². The second kappa shape index (κ2) is 11.4. The van der Waals surface area contributed by atoms with Crippen molar-refractivity contribution in [1.82, 2.24) is 0 Å². The normalized spacial score (nSPS) is 14.6. The molecule has 8 aromatic carbocycles. The van der Waals surface area contributed by atoms with Crippen LogP contribution >= 0.6 is 0 Å². The van der Waals surface area contributed by atoms with Gasteiger partial charge in [0.1, 0.15) is 11.5 Å². The fraction of sp³-hybridized carbons (Fsp3) is 0.0769. The van der Waals surface area contributed by atoms with E-state index in [0.29, 0.717) is 0 Å². The quantitative estimate of drug-likeness (QED) is 0.182. The molecule has 0 unspecified atom stereocenters. The maximum Gasteiger partial charge on any atom is 0.132 e. The molecule has 8 aromatic rings. The summed E-state index contributed by atoms with van der Waals surface area (Å²) in [5, 5.41) is 0. The largest absolute Gasteiger partial charge is 0.457 e. The molecule has 0 radical (unpaired) electrons. The van der Waals surface area contributed by atoms with Crippen molar-refractivity contribution < 1.29 is 4.74 Å².